The van der Waals surface area contributed by atoms with Gasteiger partial charge >= 0.3 is 5.97 Å². The summed E-state index contributed by atoms with van der Waals surface area (Å²) in [5.41, 5.74) is 6.42. The summed E-state index contributed by atoms with van der Waals surface area (Å²) in [5, 5.41) is 9.41. The molecule has 1 aromatic carbocycles. The lowest BCUT2D eigenvalue weighted by molar-refractivity contribution is -0.149. The first-order chi connectivity index (χ1) is 11.9. The monoisotopic (exact) mass is 344 g/mol. The van der Waals surface area contributed by atoms with Crippen LogP contribution in [0.25, 0.3) is 0 Å². The van der Waals surface area contributed by atoms with E-state index in [2.05, 4.69) is 24.7 Å². The SMILES string of the molecule is CC(C)c1ccc(C(=O)NNC(=O)[C@@H]2[C@@H]3CC[C@@H](C3)[C@@H]2C(=O)O)cc1. The highest BCUT2D eigenvalue weighted by Gasteiger charge is 2.54. The van der Waals surface area contributed by atoms with Crippen LogP contribution >= 0.6 is 0 Å². The van der Waals surface area contributed by atoms with Crippen LogP contribution in [0.3, 0.4) is 0 Å². The van der Waals surface area contributed by atoms with Crippen molar-refractivity contribution in [2.75, 3.05) is 0 Å². The minimum absolute atomic E-state index is 0.0810. The summed E-state index contributed by atoms with van der Waals surface area (Å²) < 4.78 is 0. The molecule has 0 aromatic heterocycles. The van der Waals surface area contributed by atoms with E-state index in [-0.39, 0.29) is 11.8 Å². The molecule has 2 aliphatic rings. The molecule has 0 aliphatic heterocycles. The van der Waals surface area contributed by atoms with Crippen molar-refractivity contribution in [2.24, 2.45) is 23.7 Å². The zero-order chi connectivity index (χ0) is 18.1. The van der Waals surface area contributed by atoms with Gasteiger partial charge in [0.15, 0.2) is 0 Å². The van der Waals surface area contributed by atoms with E-state index in [0.717, 1.165) is 24.8 Å². The van der Waals surface area contributed by atoms with Gasteiger partial charge in [0.1, 0.15) is 0 Å². The van der Waals surface area contributed by atoms with E-state index in [0.29, 0.717) is 11.5 Å². The Hall–Kier alpha value is -2.37. The maximum absolute atomic E-state index is 12.4. The number of nitrogens with one attached hydrogen (secondary N) is 2. The van der Waals surface area contributed by atoms with Crippen molar-refractivity contribution in [3.8, 4) is 0 Å². The molecule has 4 atom stereocenters. The van der Waals surface area contributed by atoms with Crippen LogP contribution in [0.4, 0.5) is 0 Å². The second kappa shape index (κ2) is 6.86. The van der Waals surface area contributed by atoms with E-state index >= 15 is 0 Å². The smallest absolute Gasteiger partial charge is 0.307 e. The number of hydrazine groups is 1. The Bertz CT molecular complexity index is 683. The number of carbonyl (C=O) groups is 3. The molecule has 1 aromatic rings. The van der Waals surface area contributed by atoms with E-state index in [1.54, 1.807) is 12.1 Å². The number of carboxylic acid groups (broad SMARTS) is 1. The fraction of sp³-hybridized carbons (Fsp3) is 0.526. The molecule has 2 bridgehead atoms. The van der Waals surface area contributed by atoms with E-state index in [1.165, 1.54) is 0 Å². The minimum atomic E-state index is -0.914. The van der Waals surface area contributed by atoms with Gasteiger partial charge in [0.05, 0.1) is 11.8 Å². The zero-order valence-electron chi connectivity index (χ0n) is 14.5. The third-order valence-electron chi connectivity index (χ3n) is 5.64. The van der Waals surface area contributed by atoms with Crippen molar-refractivity contribution in [1.82, 2.24) is 10.9 Å². The Balaban J connectivity index is 1.60. The van der Waals surface area contributed by atoms with Gasteiger partial charge in [-0.05, 0) is 54.7 Å². The highest BCUT2D eigenvalue weighted by atomic mass is 16.4. The molecule has 2 amide bonds. The lowest BCUT2D eigenvalue weighted by Crippen LogP contribution is -2.48. The molecule has 0 radical (unpaired) electrons. The number of aliphatic carboxylic acids is 1. The number of hydrogen-bond donors (Lipinski definition) is 3. The Morgan fingerprint density at radius 3 is 2.16 bits per heavy atom. The predicted octanol–water partition coefficient (Wildman–Crippen LogP) is 2.32. The van der Waals surface area contributed by atoms with Crippen molar-refractivity contribution in [3.05, 3.63) is 35.4 Å². The molecule has 6 heteroatoms. The van der Waals surface area contributed by atoms with Gasteiger partial charge in [-0.1, -0.05) is 26.0 Å². The molecule has 0 spiro atoms. The molecule has 25 heavy (non-hydrogen) atoms. The molecular weight excluding hydrogens is 320 g/mol. The first kappa shape index (κ1) is 17.5. The molecule has 2 aliphatic carbocycles. The van der Waals surface area contributed by atoms with Crippen LogP contribution in [0.5, 0.6) is 0 Å². The van der Waals surface area contributed by atoms with E-state index < -0.39 is 29.6 Å². The van der Waals surface area contributed by atoms with Crippen molar-refractivity contribution in [3.63, 3.8) is 0 Å². The van der Waals surface area contributed by atoms with Crippen LogP contribution in [-0.2, 0) is 9.59 Å². The summed E-state index contributed by atoms with van der Waals surface area (Å²) in [6.45, 7) is 4.15. The summed E-state index contributed by atoms with van der Waals surface area (Å²) in [6, 6.07) is 7.21. The number of carbonyl (C=O) groups excluding carboxylic acids is 2. The highest BCUT2D eigenvalue weighted by molar-refractivity contribution is 5.96. The third-order valence-corrected chi connectivity index (χ3v) is 5.64. The van der Waals surface area contributed by atoms with Gasteiger partial charge in [-0.3, -0.25) is 25.2 Å². The lowest BCUT2D eigenvalue weighted by Gasteiger charge is -2.27. The quantitative estimate of drug-likeness (QED) is 0.731. The number of amides is 2. The standard InChI is InChI=1S/C19H24N2O4/c1-10(2)11-3-5-12(6-4-11)17(22)20-21-18(23)15-13-7-8-14(9-13)16(15)19(24)25/h3-6,10,13-16H,7-9H2,1-2H3,(H,20,22)(H,21,23)(H,24,25)/t13-,14+,15-,16+/m1/s1. The number of fused-ring (bicyclic) bond motifs is 2. The van der Waals surface area contributed by atoms with Gasteiger partial charge in [-0.15, -0.1) is 0 Å². The molecule has 134 valence electrons. The number of hydrogen-bond acceptors (Lipinski definition) is 3. The third kappa shape index (κ3) is 3.38. The summed E-state index contributed by atoms with van der Waals surface area (Å²) in [5.74, 6) is -2.34. The van der Waals surface area contributed by atoms with Crippen LogP contribution in [0.2, 0.25) is 0 Å². The molecule has 0 saturated heterocycles. The molecule has 6 nitrogen and oxygen atoms in total. The largest absolute Gasteiger partial charge is 0.481 e. The van der Waals surface area contributed by atoms with Crippen LogP contribution < -0.4 is 10.9 Å². The van der Waals surface area contributed by atoms with Gasteiger partial charge in [0.2, 0.25) is 5.91 Å². The molecule has 2 fully saturated rings. The zero-order valence-corrected chi connectivity index (χ0v) is 14.5. The summed E-state index contributed by atoms with van der Waals surface area (Å²) >= 11 is 0. The maximum Gasteiger partial charge on any atom is 0.307 e. The Kier molecular flexibility index (Phi) is 4.79. The molecule has 3 N–H and O–H groups in total. The minimum Gasteiger partial charge on any atom is -0.481 e. The first-order valence-electron chi connectivity index (χ1n) is 8.81. The van der Waals surface area contributed by atoms with Crippen LogP contribution in [-0.4, -0.2) is 22.9 Å². The second-order valence-electron chi connectivity index (χ2n) is 7.44. The second-order valence-corrected chi connectivity index (χ2v) is 7.44. The van der Waals surface area contributed by atoms with Crippen LogP contribution in [0.15, 0.2) is 24.3 Å². The first-order valence-corrected chi connectivity index (χ1v) is 8.81. The van der Waals surface area contributed by atoms with Gasteiger partial charge in [0.25, 0.3) is 5.91 Å². The van der Waals surface area contributed by atoms with Gasteiger partial charge in [-0.2, -0.15) is 0 Å². The fourth-order valence-corrected chi connectivity index (χ4v) is 4.32. The van der Waals surface area contributed by atoms with Gasteiger partial charge in [-0.25, -0.2) is 0 Å². The Morgan fingerprint density at radius 2 is 1.60 bits per heavy atom. The average Bonchev–Trinajstić information content (AvgIpc) is 3.20. The normalized spacial score (nSPS) is 27.3. The van der Waals surface area contributed by atoms with Gasteiger partial charge < -0.3 is 5.11 Å². The van der Waals surface area contributed by atoms with Crippen molar-refractivity contribution >= 4 is 17.8 Å². The van der Waals surface area contributed by atoms with Crippen molar-refractivity contribution in [1.29, 1.82) is 0 Å². The molecular formula is C19H24N2O4. The Morgan fingerprint density at radius 1 is 1.00 bits per heavy atom. The summed E-state index contributed by atoms with van der Waals surface area (Å²) in [7, 11) is 0. The fourth-order valence-electron chi connectivity index (χ4n) is 4.32. The van der Waals surface area contributed by atoms with E-state index in [9.17, 15) is 19.5 Å². The maximum atomic E-state index is 12.4. The molecule has 0 unspecified atom stereocenters. The number of rotatable bonds is 4. The van der Waals surface area contributed by atoms with Gasteiger partial charge in [0, 0.05) is 5.56 Å². The predicted molar refractivity (Wildman–Crippen MR) is 91.6 cm³/mol. The average molecular weight is 344 g/mol. The molecule has 3 rings (SSSR count). The summed E-state index contributed by atoms with van der Waals surface area (Å²) in [4.78, 5) is 36.1. The number of benzene rings is 1. The van der Waals surface area contributed by atoms with Crippen molar-refractivity contribution < 1.29 is 19.5 Å². The van der Waals surface area contributed by atoms with E-state index in [1.807, 2.05) is 12.1 Å². The van der Waals surface area contributed by atoms with Crippen molar-refractivity contribution in [2.45, 2.75) is 39.0 Å². The van der Waals surface area contributed by atoms with E-state index in [4.69, 9.17) is 0 Å². The highest BCUT2D eigenvalue weighted by Crippen LogP contribution is 2.52. The van der Waals surface area contributed by atoms with Crippen LogP contribution in [0, 0.1) is 23.7 Å². The molecule has 2 saturated carbocycles. The summed E-state index contributed by atoms with van der Waals surface area (Å²) in [6.07, 6.45) is 2.55. The topological polar surface area (TPSA) is 95.5 Å². The molecule has 0 heterocycles. The Labute approximate surface area is 147 Å². The number of carboxylic acids is 1. The lowest BCUT2D eigenvalue weighted by atomic mass is 9.79. The van der Waals surface area contributed by atoms with Crippen LogP contribution in [0.1, 0.15) is 54.9 Å².